The second-order valence-electron chi connectivity index (χ2n) is 10.0. The van der Waals surface area contributed by atoms with Crippen molar-refractivity contribution in [2.75, 3.05) is 0 Å². The third kappa shape index (κ3) is 7.08. The number of carbonyl (C=O) groups is 1. The molecule has 1 N–H and O–H groups in total. The molecule has 3 aromatic carbocycles. The number of halogens is 5. The highest BCUT2D eigenvalue weighted by atomic mass is 19.3. The Morgan fingerprint density at radius 3 is 2.47 bits per heavy atom. The van der Waals surface area contributed by atoms with Crippen LogP contribution in [0.5, 0.6) is 5.88 Å². The Kier molecular flexibility index (Phi) is 9.06. The van der Waals surface area contributed by atoms with E-state index in [1.165, 1.54) is 60.0 Å². The topological polar surface area (TPSA) is 110 Å². The standard InChI is InChI=1S/C32H23F5N4O4/c1-17(45-32(36)37)15-41-28-11-19(31(42)43)7-8-27(28)39-29(41)12-21-10-25(35)22(13-24(21)34)26-3-2-4-30(40-26)44-16-20-6-5-18(14-38)9-23(20)33/h2-11,13,17,32H,12,15-16H2,1H3,(H,42,43). The number of aromatic nitrogens is 3. The van der Waals surface area contributed by atoms with Crippen molar-refractivity contribution in [3.8, 4) is 23.2 Å². The molecule has 2 aromatic heterocycles. The zero-order valence-corrected chi connectivity index (χ0v) is 23.5. The summed E-state index contributed by atoms with van der Waals surface area (Å²) in [4.78, 5) is 20.2. The third-order valence-electron chi connectivity index (χ3n) is 6.89. The van der Waals surface area contributed by atoms with Gasteiger partial charge in [0.15, 0.2) is 0 Å². The second kappa shape index (κ2) is 13.1. The minimum atomic E-state index is -3.05. The van der Waals surface area contributed by atoms with Crippen molar-refractivity contribution in [2.24, 2.45) is 0 Å². The van der Waals surface area contributed by atoms with E-state index >= 15 is 8.78 Å². The lowest BCUT2D eigenvalue weighted by molar-refractivity contribution is -0.160. The molecule has 5 aromatic rings. The van der Waals surface area contributed by atoms with Gasteiger partial charge in [-0.05, 0) is 61.0 Å². The Hall–Kier alpha value is -5.35. The summed E-state index contributed by atoms with van der Waals surface area (Å²) in [5.74, 6) is -3.28. The number of carboxylic acids is 1. The number of hydrogen-bond acceptors (Lipinski definition) is 6. The van der Waals surface area contributed by atoms with Crippen molar-refractivity contribution >= 4 is 17.0 Å². The number of carboxylic acid groups (broad SMARTS) is 1. The molecule has 0 spiro atoms. The van der Waals surface area contributed by atoms with E-state index in [1.807, 2.05) is 6.07 Å². The monoisotopic (exact) mass is 622 g/mol. The van der Waals surface area contributed by atoms with Crippen molar-refractivity contribution in [3.63, 3.8) is 0 Å². The number of nitrogens with zero attached hydrogens (tertiary/aromatic N) is 4. The van der Waals surface area contributed by atoms with Crippen LogP contribution < -0.4 is 4.74 Å². The predicted molar refractivity (Wildman–Crippen MR) is 151 cm³/mol. The maximum Gasteiger partial charge on any atom is 0.345 e. The molecule has 2 heterocycles. The smallest absolute Gasteiger partial charge is 0.345 e. The SMILES string of the molecule is CC(Cn1c(Cc2cc(F)c(-c3cccc(OCc4ccc(C#N)cc4F)n3)cc2F)nc2ccc(C(=O)O)cc21)OC(F)F. The van der Waals surface area contributed by atoms with E-state index in [4.69, 9.17) is 10.00 Å². The molecule has 0 radical (unpaired) electrons. The van der Waals surface area contributed by atoms with Crippen LogP contribution in [0.3, 0.4) is 0 Å². The zero-order valence-electron chi connectivity index (χ0n) is 23.5. The lowest BCUT2D eigenvalue weighted by Crippen LogP contribution is -2.21. The van der Waals surface area contributed by atoms with Crippen molar-refractivity contribution in [1.82, 2.24) is 14.5 Å². The number of hydrogen-bond donors (Lipinski definition) is 1. The molecule has 0 fully saturated rings. The highest BCUT2D eigenvalue weighted by molar-refractivity contribution is 5.92. The number of alkyl halides is 2. The summed E-state index contributed by atoms with van der Waals surface area (Å²) in [5.41, 5.74) is 0.650. The molecule has 230 valence electrons. The Labute approximate surface area is 252 Å². The number of nitriles is 1. The molecule has 0 bridgehead atoms. The number of pyridine rings is 1. The average molecular weight is 623 g/mol. The summed E-state index contributed by atoms with van der Waals surface area (Å²) in [6.45, 7) is -2.05. The number of imidazole rings is 1. The van der Waals surface area contributed by atoms with E-state index in [0.717, 1.165) is 18.2 Å². The average Bonchev–Trinajstić information content (AvgIpc) is 3.33. The largest absolute Gasteiger partial charge is 0.478 e. The van der Waals surface area contributed by atoms with E-state index in [9.17, 15) is 23.1 Å². The lowest BCUT2D eigenvalue weighted by atomic mass is 10.0. The Bertz CT molecular complexity index is 1940. The maximum absolute atomic E-state index is 15.4. The summed E-state index contributed by atoms with van der Waals surface area (Å²) < 4.78 is 82.3. The fourth-order valence-corrected chi connectivity index (χ4v) is 4.74. The first-order valence-corrected chi connectivity index (χ1v) is 13.4. The minimum absolute atomic E-state index is 0.0229. The van der Waals surface area contributed by atoms with Crippen molar-refractivity contribution in [1.29, 1.82) is 5.26 Å². The number of fused-ring (bicyclic) bond motifs is 1. The minimum Gasteiger partial charge on any atom is -0.478 e. The molecule has 0 amide bonds. The third-order valence-corrected chi connectivity index (χ3v) is 6.89. The number of benzene rings is 3. The van der Waals surface area contributed by atoms with Gasteiger partial charge in [-0.3, -0.25) is 0 Å². The van der Waals surface area contributed by atoms with E-state index in [0.29, 0.717) is 11.0 Å². The molecule has 0 saturated carbocycles. The molecule has 45 heavy (non-hydrogen) atoms. The first-order valence-electron chi connectivity index (χ1n) is 13.4. The van der Waals surface area contributed by atoms with Gasteiger partial charge in [0.25, 0.3) is 0 Å². The molecule has 0 aliphatic heterocycles. The molecule has 0 aliphatic rings. The lowest BCUT2D eigenvalue weighted by Gasteiger charge is -2.16. The van der Waals surface area contributed by atoms with Gasteiger partial charge < -0.3 is 19.1 Å². The fourth-order valence-electron chi connectivity index (χ4n) is 4.74. The molecule has 0 aliphatic carbocycles. The van der Waals surface area contributed by atoms with Crippen LogP contribution >= 0.6 is 0 Å². The van der Waals surface area contributed by atoms with Gasteiger partial charge >= 0.3 is 12.6 Å². The van der Waals surface area contributed by atoms with Gasteiger partial charge in [-0.1, -0.05) is 12.1 Å². The van der Waals surface area contributed by atoms with Gasteiger partial charge in [0.2, 0.25) is 5.88 Å². The summed E-state index contributed by atoms with van der Waals surface area (Å²) >= 11 is 0. The van der Waals surface area contributed by atoms with Gasteiger partial charge in [0.05, 0.1) is 46.6 Å². The first kappa shape index (κ1) is 31.1. The van der Waals surface area contributed by atoms with Crippen molar-refractivity contribution in [2.45, 2.75) is 39.2 Å². The Balaban J connectivity index is 1.42. The second-order valence-corrected chi connectivity index (χ2v) is 10.0. The van der Waals surface area contributed by atoms with Gasteiger partial charge in [-0.2, -0.15) is 14.0 Å². The number of rotatable bonds is 11. The predicted octanol–water partition coefficient (Wildman–Crippen LogP) is 6.88. The molecule has 1 atom stereocenters. The summed E-state index contributed by atoms with van der Waals surface area (Å²) in [7, 11) is 0. The van der Waals surface area contributed by atoms with Crippen LogP contribution in [0.4, 0.5) is 22.0 Å². The van der Waals surface area contributed by atoms with Crippen LogP contribution in [0.25, 0.3) is 22.3 Å². The van der Waals surface area contributed by atoms with E-state index < -0.39 is 36.1 Å². The molecule has 8 nitrogen and oxygen atoms in total. The molecular weight excluding hydrogens is 599 g/mol. The normalized spacial score (nSPS) is 12.0. The van der Waals surface area contributed by atoms with Gasteiger partial charge in [-0.25, -0.2) is 27.9 Å². The molecular formula is C32H23F5N4O4. The Morgan fingerprint density at radius 2 is 1.76 bits per heavy atom. The van der Waals surface area contributed by atoms with E-state index in [1.54, 1.807) is 0 Å². The van der Waals surface area contributed by atoms with Crippen LogP contribution in [-0.2, 0) is 24.3 Å². The van der Waals surface area contributed by atoms with Crippen LogP contribution in [0.2, 0.25) is 0 Å². The van der Waals surface area contributed by atoms with Crippen LogP contribution in [-0.4, -0.2) is 38.3 Å². The van der Waals surface area contributed by atoms with Gasteiger partial charge in [0, 0.05) is 23.6 Å². The Morgan fingerprint density at radius 1 is 0.978 bits per heavy atom. The summed E-state index contributed by atoms with van der Waals surface area (Å²) in [6, 6.07) is 16.2. The summed E-state index contributed by atoms with van der Waals surface area (Å²) in [5, 5.41) is 18.3. The van der Waals surface area contributed by atoms with E-state index in [2.05, 4.69) is 14.7 Å². The highest BCUT2D eigenvalue weighted by Crippen LogP contribution is 2.29. The van der Waals surface area contributed by atoms with Crippen molar-refractivity contribution < 1.29 is 41.3 Å². The zero-order chi connectivity index (χ0) is 32.2. The first-order chi connectivity index (χ1) is 21.5. The molecule has 0 saturated heterocycles. The van der Waals surface area contributed by atoms with E-state index in [-0.39, 0.29) is 64.8 Å². The maximum atomic E-state index is 15.4. The quantitative estimate of drug-likeness (QED) is 0.160. The van der Waals surface area contributed by atoms with Crippen molar-refractivity contribution in [3.05, 3.63) is 112 Å². The van der Waals surface area contributed by atoms with Crippen LogP contribution in [0.15, 0.2) is 66.7 Å². The molecule has 13 heteroatoms. The molecule has 5 rings (SSSR count). The number of ether oxygens (including phenoxy) is 2. The number of aromatic carboxylic acids is 1. The van der Waals surface area contributed by atoms with Gasteiger partial charge in [0.1, 0.15) is 29.9 Å². The van der Waals surface area contributed by atoms with Crippen LogP contribution in [0, 0.1) is 28.8 Å². The molecule has 1 unspecified atom stereocenters. The van der Waals surface area contributed by atoms with Crippen LogP contribution in [0.1, 0.15) is 39.8 Å². The summed E-state index contributed by atoms with van der Waals surface area (Å²) in [6.07, 6.45) is -1.28. The highest BCUT2D eigenvalue weighted by Gasteiger charge is 2.21. The van der Waals surface area contributed by atoms with Gasteiger partial charge in [-0.15, -0.1) is 0 Å². The fraction of sp³-hybridized carbons (Fsp3) is 0.188.